The van der Waals surface area contributed by atoms with Crippen molar-refractivity contribution in [2.45, 2.75) is 6.92 Å². The van der Waals surface area contributed by atoms with Crippen LogP contribution in [0.25, 0.3) is 5.69 Å². The van der Waals surface area contributed by atoms with E-state index in [9.17, 15) is 19.7 Å². The van der Waals surface area contributed by atoms with Crippen LogP contribution in [0.2, 0.25) is 5.15 Å². The number of rotatable bonds is 2. The fraction of sp³-hybridized carbons (Fsp3) is 0.0909. The highest BCUT2D eigenvalue weighted by molar-refractivity contribution is 9.10. The van der Waals surface area contributed by atoms with Gasteiger partial charge in [-0.1, -0.05) is 11.6 Å². The zero-order chi connectivity index (χ0) is 15.0. The van der Waals surface area contributed by atoms with Crippen molar-refractivity contribution in [1.29, 1.82) is 0 Å². The van der Waals surface area contributed by atoms with Gasteiger partial charge < -0.3 is 0 Å². The fourth-order valence-corrected chi connectivity index (χ4v) is 2.31. The van der Waals surface area contributed by atoms with Crippen LogP contribution in [-0.4, -0.2) is 14.5 Å². The van der Waals surface area contributed by atoms with Crippen molar-refractivity contribution in [2.75, 3.05) is 0 Å². The Kier molecular flexibility index (Phi) is 3.78. The number of aromatic amines is 1. The van der Waals surface area contributed by atoms with E-state index < -0.39 is 16.2 Å². The number of nitro groups is 1. The molecule has 104 valence electrons. The number of H-pyrrole nitrogens is 1. The second kappa shape index (κ2) is 5.22. The number of aromatic nitrogens is 2. The molecule has 1 aromatic carbocycles. The van der Waals surface area contributed by atoms with Gasteiger partial charge in [-0.05, 0) is 28.9 Å². The summed E-state index contributed by atoms with van der Waals surface area (Å²) in [4.78, 5) is 36.4. The maximum absolute atomic E-state index is 12.1. The van der Waals surface area contributed by atoms with Gasteiger partial charge in [-0.3, -0.25) is 19.9 Å². The van der Waals surface area contributed by atoms with Crippen molar-refractivity contribution < 1.29 is 4.92 Å². The van der Waals surface area contributed by atoms with Gasteiger partial charge in [-0.2, -0.15) is 0 Å². The lowest BCUT2D eigenvalue weighted by Gasteiger charge is -2.08. The molecule has 2 rings (SSSR count). The number of nitrogens with zero attached hydrogens (tertiary/aromatic N) is 2. The summed E-state index contributed by atoms with van der Waals surface area (Å²) in [5, 5.41) is 10.6. The lowest BCUT2D eigenvalue weighted by molar-refractivity contribution is -0.384. The summed E-state index contributed by atoms with van der Waals surface area (Å²) in [7, 11) is 0. The van der Waals surface area contributed by atoms with E-state index in [1.165, 1.54) is 25.1 Å². The molecule has 0 saturated heterocycles. The molecule has 0 amide bonds. The summed E-state index contributed by atoms with van der Waals surface area (Å²) in [6, 6.07) is 3.73. The van der Waals surface area contributed by atoms with E-state index in [0.29, 0.717) is 0 Å². The van der Waals surface area contributed by atoms with E-state index in [0.717, 1.165) is 4.57 Å². The van der Waals surface area contributed by atoms with E-state index >= 15 is 0 Å². The smallest absolute Gasteiger partial charge is 0.297 e. The molecule has 0 saturated carbocycles. The molecular formula is C11H7BrClN3O4. The van der Waals surface area contributed by atoms with Gasteiger partial charge >= 0.3 is 5.69 Å². The van der Waals surface area contributed by atoms with E-state index in [1.54, 1.807) is 0 Å². The molecule has 0 aliphatic carbocycles. The number of hydrogen-bond donors (Lipinski definition) is 1. The van der Waals surface area contributed by atoms with Crippen molar-refractivity contribution in [3.05, 3.63) is 64.3 Å². The average molecular weight is 361 g/mol. The van der Waals surface area contributed by atoms with Crippen molar-refractivity contribution in [3.8, 4) is 5.69 Å². The molecule has 1 aromatic heterocycles. The quantitative estimate of drug-likeness (QED) is 0.504. The van der Waals surface area contributed by atoms with Crippen LogP contribution in [0.15, 0.2) is 32.3 Å². The number of halogens is 2. The Bertz CT molecular complexity index is 827. The molecule has 0 bridgehead atoms. The van der Waals surface area contributed by atoms with Gasteiger partial charge in [-0.15, -0.1) is 0 Å². The Morgan fingerprint density at radius 1 is 1.40 bits per heavy atom. The Labute approximate surface area is 125 Å². The summed E-state index contributed by atoms with van der Waals surface area (Å²) in [5.41, 5.74) is -1.10. The largest absolute Gasteiger partial charge is 0.334 e. The summed E-state index contributed by atoms with van der Waals surface area (Å²) >= 11 is 8.83. The predicted octanol–water partition coefficient (Wildman–Crippen LogP) is 2.16. The number of non-ortho nitro benzene ring substituents is 1. The Morgan fingerprint density at radius 2 is 2.05 bits per heavy atom. The first kappa shape index (κ1) is 14.5. The number of nitro benzene ring substituents is 1. The van der Waals surface area contributed by atoms with Gasteiger partial charge in [0.25, 0.3) is 11.2 Å². The van der Waals surface area contributed by atoms with E-state index in [2.05, 4.69) is 20.9 Å². The summed E-state index contributed by atoms with van der Waals surface area (Å²) < 4.78 is 1.11. The first-order valence-corrected chi connectivity index (χ1v) is 6.45. The second-order valence-electron chi connectivity index (χ2n) is 3.90. The topological polar surface area (TPSA) is 98.0 Å². The lowest BCUT2D eigenvalue weighted by Crippen LogP contribution is -2.35. The Hall–Kier alpha value is -1.93. The van der Waals surface area contributed by atoms with Crippen molar-refractivity contribution >= 4 is 33.2 Å². The molecule has 1 N–H and O–H groups in total. The molecule has 9 heteroatoms. The minimum atomic E-state index is -0.722. The molecule has 0 aliphatic rings. The summed E-state index contributed by atoms with van der Waals surface area (Å²) in [6.45, 7) is 1.47. The molecule has 0 aliphatic heterocycles. The van der Waals surface area contributed by atoms with Crippen LogP contribution in [0.3, 0.4) is 0 Å². The molecule has 7 nitrogen and oxygen atoms in total. The second-order valence-corrected chi connectivity index (χ2v) is 5.13. The normalized spacial score (nSPS) is 10.6. The van der Waals surface area contributed by atoms with Gasteiger partial charge in [0.1, 0.15) is 5.15 Å². The Balaban J connectivity index is 2.76. The van der Waals surface area contributed by atoms with Crippen LogP contribution in [0.4, 0.5) is 5.69 Å². The van der Waals surface area contributed by atoms with Crippen molar-refractivity contribution in [2.24, 2.45) is 0 Å². The molecule has 0 spiro atoms. The van der Waals surface area contributed by atoms with Gasteiger partial charge in [0.05, 0.1) is 16.2 Å². The maximum atomic E-state index is 12.1. The molecule has 1 heterocycles. The standard InChI is InChI=1S/C11H7BrClN3O4/c1-5-9(13)14-11(18)15(10(5)17)8-3-2-6(16(19)20)4-7(8)12/h2-4H,1H3,(H,14,18). The van der Waals surface area contributed by atoms with E-state index in [-0.39, 0.29) is 26.6 Å². The van der Waals surface area contributed by atoms with Crippen LogP contribution in [0, 0.1) is 17.0 Å². The third kappa shape index (κ3) is 2.39. The third-order valence-corrected chi connectivity index (χ3v) is 3.67. The Morgan fingerprint density at radius 3 is 2.60 bits per heavy atom. The predicted molar refractivity (Wildman–Crippen MR) is 76.8 cm³/mol. The zero-order valence-electron chi connectivity index (χ0n) is 10.0. The lowest BCUT2D eigenvalue weighted by atomic mass is 10.2. The van der Waals surface area contributed by atoms with Crippen molar-refractivity contribution in [1.82, 2.24) is 9.55 Å². The SMILES string of the molecule is Cc1c(Cl)[nH]c(=O)n(-c2ccc([N+](=O)[O-])cc2Br)c1=O. The molecule has 0 unspecified atom stereocenters. The fourth-order valence-electron chi connectivity index (χ4n) is 1.61. The van der Waals surface area contributed by atoms with Crippen LogP contribution in [-0.2, 0) is 0 Å². The van der Waals surface area contributed by atoms with Gasteiger partial charge in [-0.25, -0.2) is 9.36 Å². The first-order valence-electron chi connectivity index (χ1n) is 5.28. The molecule has 0 radical (unpaired) electrons. The van der Waals surface area contributed by atoms with Gasteiger partial charge in [0, 0.05) is 16.6 Å². The molecule has 2 aromatic rings. The highest BCUT2D eigenvalue weighted by Crippen LogP contribution is 2.24. The minimum Gasteiger partial charge on any atom is -0.297 e. The minimum absolute atomic E-state index is 0.0331. The van der Waals surface area contributed by atoms with Gasteiger partial charge in [0.2, 0.25) is 0 Å². The molecule has 0 atom stereocenters. The van der Waals surface area contributed by atoms with Crippen LogP contribution < -0.4 is 11.2 Å². The van der Waals surface area contributed by atoms with Crippen LogP contribution >= 0.6 is 27.5 Å². The van der Waals surface area contributed by atoms with E-state index in [4.69, 9.17) is 11.6 Å². The molecular weight excluding hydrogens is 353 g/mol. The monoisotopic (exact) mass is 359 g/mol. The third-order valence-electron chi connectivity index (χ3n) is 2.66. The number of benzene rings is 1. The number of nitrogens with one attached hydrogen (secondary N) is 1. The van der Waals surface area contributed by atoms with Crippen LogP contribution in [0.1, 0.15) is 5.56 Å². The summed E-state index contributed by atoms with van der Waals surface area (Å²) in [5.74, 6) is 0. The number of hydrogen-bond acceptors (Lipinski definition) is 4. The van der Waals surface area contributed by atoms with Crippen LogP contribution in [0.5, 0.6) is 0 Å². The van der Waals surface area contributed by atoms with Gasteiger partial charge in [0.15, 0.2) is 0 Å². The maximum Gasteiger partial charge on any atom is 0.334 e. The highest BCUT2D eigenvalue weighted by Gasteiger charge is 2.15. The van der Waals surface area contributed by atoms with E-state index in [1.807, 2.05) is 0 Å². The zero-order valence-corrected chi connectivity index (χ0v) is 12.4. The summed E-state index contributed by atoms with van der Waals surface area (Å²) in [6.07, 6.45) is 0. The highest BCUT2D eigenvalue weighted by atomic mass is 79.9. The average Bonchev–Trinajstić information content (AvgIpc) is 2.37. The first-order chi connectivity index (χ1) is 9.32. The molecule has 0 fully saturated rings. The molecule has 20 heavy (non-hydrogen) atoms. The van der Waals surface area contributed by atoms with Crippen molar-refractivity contribution in [3.63, 3.8) is 0 Å².